The number of furan rings is 1. The van der Waals surface area contributed by atoms with Crippen molar-refractivity contribution in [2.75, 3.05) is 0 Å². The first kappa shape index (κ1) is 21.0. The monoisotopic (exact) mass is 432 g/mol. The molecular formula is C25H24N2O3S. The maximum Gasteiger partial charge on any atom is 0.226 e. The second kappa shape index (κ2) is 10.2. The molecular weight excluding hydrogens is 408 g/mol. The van der Waals surface area contributed by atoms with Gasteiger partial charge in [-0.3, -0.25) is 4.79 Å². The van der Waals surface area contributed by atoms with Crippen LogP contribution in [-0.2, 0) is 35.7 Å². The molecule has 6 heteroatoms. The highest BCUT2D eigenvalue weighted by molar-refractivity contribution is 7.13. The third kappa shape index (κ3) is 6.13. The molecule has 2 heterocycles. The molecule has 0 spiro atoms. The minimum atomic E-state index is -0.0572. The van der Waals surface area contributed by atoms with Crippen LogP contribution >= 0.6 is 11.3 Å². The number of hydrogen-bond donors (Lipinski definition) is 1. The second-order valence-corrected chi connectivity index (χ2v) is 8.16. The minimum Gasteiger partial charge on any atom is -0.459 e. The van der Waals surface area contributed by atoms with E-state index in [2.05, 4.69) is 16.4 Å². The third-order valence-electron chi connectivity index (χ3n) is 4.71. The van der Waals surface area contributed by atoms with Crippen molar-refractivity contribution >= 4 is 17.2 Å². The van der Waals surface area contributed by atoms with E-state index in [0.29, 0.717) is 19.8 Å². The largest absolute Gasteiger partial charge is 0.459 e. The number of benzene rings is 2. The van der Waals surface area contributed by atoms with E-state index < -0.39 is 0 Å². The Morgan fingerprint density at radius 2 is 1.77 bits per heavy atom. The van der Waals surface area contributed by atoms with E-state index in [-0.39, 0.29) is 12.3 Å². The van der Waals surface area contributed by atoms with E-state index in [1.54, 1.807) is 0 Å². The quantitative estimate of drug-likeness (QED) is 0.390. The van der Waals surface area contributed by atoms with Gasteiger partial charge in [-0.05, 0) is 35.7 Å². The van der Waals surface area contributed by atoms with Gasteiger partial charge in [-0.15, -0.1) is 11.3 Å². The number of carbonyl (C=O) groups is 1. The zero-order valence-electron chi connectivity index (χ0n) is 17.3. The number of carbonyl (C=O) groups excluding carboxylic acids is 1. The zero-order chi connectivity index (χ0) is 21.5. The van der Waals surface area contributed by atoms with E-state index in [9.17, 15) is 4.79 Å². The van der Waals surface area contributed by atoms with Crippen LogP contribution < -0.4 is 5.32 Å². The summed E-state index contributed by atoms with van der Waals surface area (Å²) in [6.07, 6.45) is 0.246. The van der Waals surface area contributed by atoms with Gasteiger partial charge < -0.3 is 14.5 Å². The van der Waals surface area contributed by atoms with Gasteiger partial charge >= 0.3 is 0 Å². The zero-order valence-corrected chi connectivity index (χ0v) is 18.2. The predicted molar refractivity (Wildman–Crippen MR) is 121 cm³/mol. The molecule has 5 nitrogen and oxygen atoms in total. The van der Waals surface area contributed by atoms with Crippen LogP contribution in [0.4, 0.5) is 0 Å². The van der Waals surface area contributed by atoms with Crippen molar-refractivity contribution in [3.8, 4) is 10.8 Å². The number of nitrogens with one attached hydrogen (secondary N) is 1. The number of amides is 1. The number of thiazole rings is 1. The Morgan fingerprint density at radius 1 is 1.00 bits per heavy atom. The number of ether oxygens (including phenoxy) is 1. The van der Waals surface area contributed by atoms with Crippen LogP contribution in [-0.4, -0.2) is 10.9 Å². The molecule has 0 aliphatic heterocycles. The molecule has 2 aromatic heterocycles. The molecule has 0 atom stereocenters. The number of rotatable bonds is 9. The van der Waals surface area contributed by atoms with Gasteiger partial charge in [0, 0.05) is 11.9 Å². The van der Waals surface area contributed by atoms with Crippen LogP contribution in [0.5, 0.6) is 0 Å². The predicted octanol–water partition coefficient (Wildman–Crippen LogP) is 5.29. The normalized spacial score (nSPS) is 10.9. The van der Waals surface area contributed by atoms with E-state index in [0.717, 1.165) is 38.9 Å². The van der Waals surface area contributed by atoms with Crippen LogP contribution in [0.2, 0.25) is 0 Å². The van der Waals surface area contributed by atoms with E-state index in [1.807, 2.05) is 73.0 Å². The smallest absolute Gasteiger partial charge is 0.226 e. The Morgan fingerprint density at radius 3 is 2.58 bits per heavy atom. The highest BCUT2D eigenvalue weighted by atomic mass is 32.1. The molecule has 4 aromatic rings. The van der Waals surface area contributed by atoms with Crippen molar-refractivity contribution in [3.63, 3.8) is 0 Å². The number of aryl methyl sites for hydroxylation is 1. The van der Waals surface area contributed by atoms with Gasteiger partial charge in [0.1, 0.15) is 5.76 Å². The third-order valence-corrected chi connectivity index (χ3v) is 5.61. The molecule has 0 fully saturated rings. The highest BCUT2D eigenvalue weighted by Gasteiger charge is 2.11. The fraction of sp³-hybridized carbons (Fsp3) is 0.200. The first-order chi connectivity index (χ1) is 15.2. The molecule has 1 amide bonds. The van der Waals surface area contributed by atoms with Gasteiger partial charge in [-0.25, -0.2) is 4.98 Å². The van der Waals surface area contributed by atoms with Crippen LogP contribution in [0.1, 0.15) is 28.1 Å². The van der Waals surface area contributed by atoms with Crippen molar-refractivity contribution in [3.05, 3.63) is 100 Å². The summed E-state index contributed by atoms with van der Waals surface area (Å²) < 4.78 is 11.4. The molecule has 0 bridgehead atoms. The van der Waals surface area contributed by atoms with Crippen molar-refractivity contribution in [1.29, 1.82) is 0 Å². The molecule has 158 valence electrons. The maximum absolute atomic E-state index is 12.4. The van der Waals surface area contributed by atoms with E-state index in [1.165, 1.54) is 11.3 Å². The summed E-state index contributed by atoms with van der Waals surface area (Å²) >= 11 is 1.48. The van der Waals surface area contributed by atoms with Gasteiger partial charge in [0.05, 0.1) is 25.3 Å². The molecule has 0 radical (unpaired) electrons. The highest BCUT2D eigenvalue weighted by Crippen LogP contribution is 2.25. The van der Waals surface area contributed by atoms with Crippen LogP contribution in [0, 0.1) is 6.92 Å². The Hall–Kier alpha value is -3.22. The molecule has 4 rings (SSSR count). The van der Waals surface area contributed by atoms with Gasteiger partial charge in [-0.1, -0.05) is 54.6 Å². The molecule has 0 unspecified atom stereocenters. The Kier molecular flexibility index (Phi) is 6.92. The van der Waals surface area contributed by atoms with Gasteiger partial charge in [0.15, 0.2) is 10.8 Å². The SMILES string of the molecule is Cc1ccc(-c2nc(CC(=O)NCc3cccc(COCc4ccccc4)c3)cs2)o1. The summed E-state index contributed by atoms with van der Waals surface area (Å²) in [5.74, 6) is 1.52. The standard InChI is InChI=1S/C25H24N2O3S/c1-18-10-11-23(30-18)25-27-22(17-31-25)13-24(28)26-14-20-8-5-9-21(12-20)16-29-15-19-6-3-2-4-7-19/h2-12,17H,13-16H2,1H3,(H,26,28). The Balaban J connectivity index is 1.25. The topological polar surface area (TPSA) is 64.4 Å². The lowest BCUT2D eigenvalue weighted by Gasteiger charge is -2.08. The minimum absolute atomic E-state index is 0.0572. The summed E-state index contributed by atoms with van der Waals surface area (Å²) in [7, 11) is 0. The summed E-state index contributed by atoms with van der Waals surface area (Å²) in [4.78, 5) is 16.9. The average molecular weight is 433 g/mol. The molecule has 1 N–H and O–H groups in total. The lowest BCUT2D eigenvalue weighted by molar-refractivity contribution is -0.120. The second-order valence-electron chi connectivity index (χ2n) is 7.31. The summed E-state index contributed by atoms with van der Waals surface area (Å²) in [5.41, 5.74) is 4.02. The number of nitrogens with zero attached hydrogens (tertiary/aromatic N) is 1. The fourth-order valence-corrected chi connectivity index (χ4v) is 3.95. The molecule has 0 aliphatic carbocycles. The van der Waals surface area contributed by atoms with Crippen molar-refractivity contribution in [2.45, 2.75) is 33.1 Å². The van der Waals surface area contributed by atoms with Crippen LogP contribution in [0.25, 0.3) is 10.8 Å². The van der Waals surface area contributed by atoms with Crippen LogP contribution in [0.15, 0.2) is 76.5 Å². The number of aromatic nitrogens is 1. The van der Waals surface area contributed by atoms with E-state index >= 15 is 0 Å². The average Bonchev–Trinajstić information content (AvgIpc) is 3.42. The maximum atomic E-state index is 12.4. The number of hydrogen-bond acceptors (Lipinski definition) is 5. The Bertz CT molecular complexity index is 1130. The van der Waals surface area contributed by atoms with Crippen molar-refractivity contribution < 1.29 is 13.9 Å². The molecule has 2 aromatic carbocycles. The van der Waals surface area contributed by atoms with E-state index in [4.69, 9.17) is 9.15 Å². The van der Waals surface area contributed by atoms with Gasteiger partial charge in [0.25, 0.3) is 0 Å². The lowest BCUT2D eigenvalue weighted by atomic mass is 10.1. The summed E-state index contributed by atoms with van der Waals surface area (Å²) in [6, 6.07) is 22.0. The van der Waals surface area contributed by atoms with Crippen molar-refractivity contribution in [1.82, 2.24) is 10.3 Å². The van der Waals surface area contributed by atoms with Gasteiger partial charge in [-0.2, -0.15) is 0 Å². The van der Waals surface area contributed by atoms with Crippen LogP contribution in [0.3, 0.4) is 0 Å². The molecule has 0 saturated heterocycles. The first-order valence-corrected chi connectivity index (χ1v) is 11.0. The first-order valence-electron chi connectivity index (χ1n) is 10.1. The van der Waals surface area contributed by atoms with Gasteiger partial charge in [0.2, 0.25) is 5.91 Å². The fourth-order valence-electron chi connectivity index (χ4n) is 3.17. The summed E-state index contributed by atoms with van der Waals surface area (Å²) in [5, 5.41) is 5.66. The Labute approximate surface area is 185 Å². The summed E-state index contributed by atoms with van der Waals surface area (Å²) in [6.45, 7) is 3.48. The molecule has 0 aliphatic rings. The molecule has 0 saturated carbocycles. The van der Waals surface area contributed by atoms with Crippen molar-refractivity contribution in [2.24, 2.45) is 0 Å². The molecule has 31 heavy (non-hydrogen) atoms. The lowest BCUT2D eigenvalue weighted by Crippen LogP contribution is -2.24.